The van der Waals surface area contributed by atoms with Crippen LogP contribution in [-0.2, 0) is 0 Å². The summed E-state index contributed by atoms with van der Waals surface area (Å²) in [6.45, 7) is 0. The van der Waals surface area contributed by atoms with Crippen LogP contribution in [-0.4, -0.2) is 35.0 Å². The van der Waals surface area contributed by atoms with Gasteiger partial charge in [-0.1, -0.05) is 36.4 Å². The number of rotatable bonds is 1. The fourth-order valence-corrected chi connectivity index (χ4v) is 2.94. The average Bonchev–Trinajstić information content (AvgIpc) is 3.13. The van der Waals surface area contributed by atoms with Crippen LogP contribution in [0.15, 0.2) is 58.1 Å². The molecule has 0 amide bonds. The summed E-state index contributed by atoms with van der Waals surface area (Å²) in [7, 11) is 0. The van der Waals surface area contributed by atoms with Crippen LogP contribution in [0.2, 0.25) is 0 Å². The fraction of sp³-hybridized carbons (Fsp3) is 0. The van der Waals surface area contributed by atoms with Crippen LogP contribution >= 0.6 is 0 Å². The molecule has 25 heavy (non-hydrogen) atoms. The van der Waals surface area contributed by atoms with E-state index < -0.39 is 0 Å². The quantitative estimate of drug-likeness (QED) is 0.483. The Kier molecular flexibility index (Phi) is 2.60. The molecule has 0 aliphatic heterocycles. The Morgan fingerprint density at radius 3 is 2.32 bits per heavy atom. The van der Waals surface area contributed by atoms with Crippen LogP contribution < -0.4 is 11.1 Å². The molecule has 0 saturated heterocycles. The smallest absolute Gasteiger partial charge is 0.267 e. The highest BCUT2D eigenvalue weighted by atomic mass is 16.2. The molecule has 5 rings (SSSR count). The zero-order chi connectivity index (χ0) is 17.0. The minimum atomic E-state index is -0.377. The van der Waals surface area contributed by atoms with Gasteiger partial charge in [0.05, 0.1) is 10.8 Å². The molecule has 9 nitrogen and oxygen atoms in total. The number of fused-ring (bicyclic) bond motifs is 4. The van der Waals surface area contributed by atoms with Crippen LogP contribution in [0.4, 0.5) is 0 Å². The average molecular weight is 331 g/mol. The second-order valence-corrected chi connectivity index (χ2v) is 5.49. The van der Waals surface area contributed by atoms with Crippen molar-refractivity contribution in [1.82, 2.24) is 35.0 Å². The Hall–Kier alpha value is -3.88. The number of nitrogens with zero attached hydrogens (tertiary/aromatic N) is 6. The lowest BCUT2D eigenvalue weighted by atomic mass is 10.1. The summed E-state index contributed by atoms with van der Waals surface area (Å²) < 4.78 is 2.37. The predicted octanol–water partition coefficient (Wildman–Crippen LogP) is 0.665. The molecule has 0 aliphatic carbocycles. The van der Waals surface area contributed by atoms with E-state index in [2.05, 4.69) is 25.7 Å². The minimum absolute atomic E-state index is 0.253. The number of H-pyrrole nitrogens is 1. The first kappa shape index (κ1) is 13.5. The zero-order valence-electron chi connectivity index (χ0n) is 12.6. The molecular weight excluding hydrogens is 322 g/mol. The highest BCUT2D eigenvalue weighted by Gasteiger charge is 2.15. The molecule has 3 aromatic heterocycles. The van der Waals surface area contributed by atoms with E-state index in [1.165, 1.54) is 4.63 Å². The van der Waals surface area contributed by atoms with Gasteiger partial charge in [-0.25, -0.2) is 0 Å². The Labute approximate surface area is 138 Å². The summed E-state index contributed by atoms with van der Waals surface area (Å²) in [5.41, 5.74) is -0.284. The largest absolute Gasteiger partial charge is 0.279 e. The van der Waals surface area contributed by atoms with Gasteiger partial charge in [-0.15, -0.1) is 14.8 Å². The highest BCUT2D eigenvalue weighted by molar-refractivity contribution is 5.97. The number of benzene rings is 2. The van der Waals surface area contributed by atoms with Gasteiger partial charge in [0.15, 0.2) is 5.82 Å². The second-order valence-electron chi connectivity index (χ2n) is 5.49. The first-order valence-corrected chi connectivity index (χ1v) is 7.45. The van der Waals surface area contributed by atoms with E-state index in [0.717, 1.165) is 10.1 Å². The molecule has 0 aliphatic rings. The first-order valence-electron chi connectivity index (χ1n) is 7.45. The maximum Gasteiger partial charge on any atom is 0.279 e. The van der Waals surface area contributed by atoms with E-state index in [1.54, 1.807) is 30.3 Å². The van der Waals surface area contributed by atoms with Crippen molar-refractivity contribution in [3.63, 3.8) is 0 Å². The van der Waals surface area contributed by atoms with Gasteiger partial charge in [0, 0.05) is 10.8 Å². The monoisotopic (exact) mass is 331 g/mol. The molecule has 0 bridgehead atoms. The molecule has 120 valence electrons. The van der Waals surface area contributed by atoms with Crippen molar-refractivity contribution in [3.05, 3.63) is 69.2 Å². The molecular formula is C16H9N7O2. The number of nitrogens with one attached hydrogen (secondary N) is 1. The minimum Gasteiger partial charge on any atom is -0.267 e. The van der Waals surface area contributed by atoms with Crippen LogP contribution in [0.25, 0.3) is 33.0 Å². The van der Waals surface area contributed by atoms with Gasteiger partial charge < -0.3 is 0 Å². The Morgan fingerprint density at radius 1 is 0.840 bits per heavy atom. The van der Waals surface area contributed by atoms with Gasteiger partial charge in [0.1, 0.15) is 0 Å². The standard InChI is InChI=1S/C16H9N7O2/c24-15-11-7-3-4-8-12(11)16(25)22(19-15)14-10-6-2-1-5-9(10)13-17-20-21-23(13)18-14/h1-8H,(H,19,24). The number of tetrazole rings is 1. The zero-order valence-corrected chi connectivity index (χ0v) is 12.6. The first-order chi connectivity index (χ1) is 12.2. The van der Waals surface area contributed by atoms with Crippen molar-refractivity contribution in [3.8, 4) is 5.82 Å². The van der Waals surface area contributed by atoms with Gasteiger partial charge in [0.25, 0.3) is 11.1 Å². The Morgan fingerprint density at radius 2 is 1.52 bits per heavy atom. The SMILES string of the molecule is O=c1[nH]n(-c2nn3nnnc3c3ccccc23)c(=O)c2ccccc12. The van der Waals surface area contributed by atoms with Crippen molar-refractivity contribution in [2.24, 2.45) is 0 Å². The molecule has 1 N–H and O–H groups in total. The summed E-state index contributed by atoms with van der Waals surface area (Å²) in [5, 5.41) is 20.3. The summed E-state index contributed by atoms with van der Waals surface area (Å²) >= 11 is 0. The predicted molar refractivity (Wildman–Crippen MR) is 89.8 cm³/mol. The third-order valence-corrected chi connectivity index (χ3v) is 4.08. The third-order valence-electron chi connectivity index (χ3n) is 4.08. The molecule has 0 fully saturated rings. The van der Waals surface area contributed by atoms with Crippen LogP contribution in [0.5, 0.6) is 0 Å². The van der Waals surface area contributed by atoms with Crippen molar-refractivity contribution in [2.75, 3.05) is 0 Å². The molecule has 0 saturated carbocycles. The van der Waals surface area contributed by atoms with Crippen molar-refractivity contribution >= 4 is 27.2 Å². The van der Waals surface area contributed by atoms with Gasteiger partial charge in [-0.05, 0) is 22.6 Å². The van der Waals surface area contributed by atoms with E-state index in [4.69, 9.17) is 0 Å². The number of aromatic nitrogens is 7. The molecule has 3 heterocycles. The van der Waals surface area contributed by atoms with Crippen molar-refractivity contribution in [2.45, 2.75) is 0 Å². The molecule has 0 atom stereocenters. The van der Waals surface area contributed by atoms with Gasteiger partial charge in [0.2, 0.25) is 5.65 Å². The lowest BCUT2D eigenvalue weighted by molar-refractivity contribution is 0.692. The second kappa shape index (κ2) is 4.81. The van der Waals surface area contributed by atoms with Crippen LogP contribution in [0.3, 0.4) is 0 Å². The van der Waals surface area contributed by atoms with E-state index in [0.29, 0.717) is 21.8 Å². The number of hydrogen-bond acceptors (Lipinski definition) is 6. The van der Waals surface area contributed by atoms with E-state index in [1.807, 2.05) is 18.2 Å². The van der Waals surface area contributed by atoms with E-state index >= 15 is 0 Å². The summed E-state index contributed by atoms with van der Waals surface area (Å²) in [6.07, 6.45) is 0. The van der Waals surface area contributed by atoms with E-state index in [9.17, 15) is 9.59 Å². The van der Waals surface area contributed by atoms with Crippen LogP contribution in [0, 0.1) is 0 Å². The van der Waals surface area contributed by atoms with Crippen molar-refractivity contribution < 1.29 is 0 Å². The van der Waals surface area contributed by atoms with Gasteiger partial charge >= 0.3 is 0 Å². The van der Waals surface area contributed by atoms with E-state index in [-0.39, 0.29) is 16.9 Å². The summed E-state index contributed by atoms with van der Waals surface area (Å²) in [5.74, 6) is 0.253. The Balaban J connectivity index is 1.99. The molecule has 0 radical (unpaired) electrons. The lowest BCUT2D eigenvalue weighted by Gasteiger charge is -2.09. The third kappa shape index (κ3) is 1.83. The molecule has 9 heteroatoms. The Bertz CT molecular complexity index is 1400. The lowest BCUT2D eigenvalue weighted by Crippen LogP contribution is -2.29. The maximum absolute atomic E-state index is 12.9. The number of hydrogen-bond donors (Lipinski definition) is 1. The fourth-order valence-electron chi connectivity index (χ4n) is 2.94. The van der Waals surface area contributed by atoms with Gasteiger partial charge in [-0.2, -0.15) is 4.68 Å². The highest BCUT2D eigenvalue weighted by Crippen LogP contribution is 2.21. The summed E-state index contributed by atoms with van der Waals surface area (Å²) in [4.78, 5) is 25.3. The number of aromatic amines is 1. The van der Waals surface area contributed by atoms with Crippen molar-refractivity contribution in [1.29, 1.82) is 0 Å². The molecule has 5 aromatic rings. The molecule has 2 aromatic carbocycles. The molecule has 0 spiro atoms. The van der Waals surface area contributed by atoms with Gasteiger partial charge in [-0.3, -0.25) is 14.7 Å². The normalized spacial score (nSPS) is 11.5. The van der Waals surface area contributed by atoms with Crippen LogP contribution in [0.1, 0.15) is 0 Å². The maximum atomic E-state index is 12.9. The summed E-state index contributed by atoms with van der Waals surface area (Å²) in [6, 6.07) is 13.9. The topological polar surface area (TPSA) is 111 Å². The molecule has 0 unspecified atom stereocenters.